The van der Waals surface area contributed by atoms with Crippen LogP contribution in [0.4, 0.5) is 8.78 Å². The number of ether oxygens (including phenoxy) is 1. The van der Waals surface area contributed by atoms with Crippen LogP contribution in [0, 0.1) is 0 Å². The number of quaternary nitrogens is 1. The largest absolute Gasteiger partial charge is 0.444 e. The minimum atomic E-state index is -2.90. The topological polar surface area (TPSA) is 71.1 Å². The molecule has 1 amide bonds. The first kappa shape index (κ1) is 18.6. The normalized spacial score (nSPS) is 18.5. The van der Waals surface area contributed by atoms with Gasteiger partial charge in [0.2, 0.25) is 0 Å². The lowest BCUT2D eigenvalue weighted by Gasteiger charge is -2.28. The van der Waals surface area contributed by atoms with Gasteiger partial charge < -0.3 is 9.64 Å². The summed E-state index contributed by atoms with van der Waals surface area (Å²) in [6, 6.07) is 1.40. The molecule has 1 atom stereocenters. The Hall–Kier alpha value is -2.19. The van der Waals surface area contributed by atoms with Crippen molar-refractivity contribution in [1.82, 2.24) is 15.3 Å². The highest BCUT2D eigenvalue weighted by Crippen LogP contribution is 2.30. The van der Waals surface area contributed by atoms with E-state index in [9.17, 15) is 13.6 Å². The van der Waals surface area contributed by atoms with Gasteiger partial charge in [0.25, 0.3) is 11.8 Å². The van der Waals surface area contributed by atoms with Gasteiger partial charge in [-0.3, -0.25) is 4.79 Å². The molecule has 2 aliphatic heterocycles. The van der Waals surface area contributed by atoms with Crippen LogP contribution in [0.1, 0.15) is 36.7 Å². The van der Waals surface area contributed by atoms with Crippen molar-refractivity contribution in [3.05, 3.63) is 51.8 Å². The van der Waals surface area contributed by atoms with Gasteiger partial charge in [0, 0.05) is 24.2 Å². The molecule has 9 heteroatoms. The molecule has 26 heavy (non-hydrogen) atoms. The maximum absolute atomic E-state index is 13.0. The highest BCUT2D eigenvalue weighted by molar-refractivity contribution is 6.30. The van der Waals surface area contributed by atoms with Crippen LogP contribution in [0.2, 0.25) is 5.15 Å². The lowest BCUT2D eigenvalue weighted by Crippen LogP contribution is -2.93. The maximum atomic E-state index is 13.0. The molecule has 3 rings (SSSR count). The summed E-state index contributed by atoms with van der Waals surface area (Å²) in [6.07, 6.45) is 3.31. The molecule has 140 valence electrons. The van der Waals surface area contributed by atoms with Crippen LogP contribution in [0.3, 0.4) is 0 Å². The van der Waals surface area contributed by atoms with Crippen LogP contribution < -0.4 is 10.9 Å². The van der Waals surface area contributed by atoms with Crippen molar-refractivity contribution in [1.29, 1.82) is 0 Å². The fourth-order valence-electron chi connectivity index (χ4n) is 2.91. The number of nitrogens with zero attached hydrogens (tertiary/aromatic N) is 2. The quantitative estimate of drug-likeness (QED) is 0.600. The van der Waals surface area contributed by atoms with E-state index in [0.717, 1.165) is 12.6 Å². The molecule has 1 unspecified atom stereocenters. The van der Waals surface area contributed by atoms with Crippen LogP contribution in [-0.2, 0) is 11.3 Å². The molecule has 0 radical (unpaired) electrons. The number of aromatic nitrogens is 1. The van der Waals surface area contributed by atoms with Gasteiger partial charge in [-0.1, -0.05) is 11.6 Å². The second-order valence-electron chi connectivity index (χ2n) is 6.53. The molecule has 3 heterocycles. The number of allylic oxidation sites excluding steroid dienone is 2. The zero-order chi connectivity index (χ0) is 19.1. The predicted molar refractivity (Wildman–Crippen MR) is 91.0 cm³/mol. The number of hydrogen-bond donors (Lipinski definition) is 2. The van der Waals surface area contributed by atoms with E-state index in [2.05, 4.69) is 10.4 Å². The second-order valence-corrected chi connectivity index (χ2v) is 6.89. The summed E-state index contributed by atoms with van der Waals surface area (Å²) in [5, 5.41) is 0.329. The third kappa shape index (κ3) is 3.66. The Morgan fingerprint density at radius 2 is 2.27 bits per heavy atom. The fourth-order valence-corrected chi connectivity index (χ4v) is 3.12. The zero-order valence-electron chi connectivity index (χ0n) is 14.6. The van der Waals surface area contributed by atoms with Crippen LogP contribution in [0.15, 0.2) is 35.5 Å². The molecule has 6 nitrogen and oxygen atoms in total. The predicted octanol–water partition coefficient (Wildman–Crippen LogP) is 1.95. The van der Waals surface area contributed by atoms with Gasteiger partial charge in [-0.25, -0.2) is 19.2 Å². The SMILES string of the molecule is CC1=C(OCC(C)(F)F)[NH2+]NC(C(C)N2Cc3c(ccnc3Cl)C2=O)=C1. The first-order chi connectivity index (χ1) is 12.2. The molecular formula is C17H20ClF2N4O2+. The molecule has 0 aromatic carbocycles. The summed E-state index contributed by atoms with van der Waals surface area (Å²) in [7, 11) is 0. The number of hydrogen-bond acceptors (Lipinski definition) is 4. The zero-order valence-corrected chi connectivity index (χ0v) is 15.4. The number of nitrogens with one attached hydrogen (secondary N) is 1. The van der Waals surface area contributed by atoms with Crippen LogP contribution in [-0.4, -0.2) is 34.4 Å². The Kier molecular flexibility index (Phi) is 4.90. The number of carbonyl (C=O) groups excluding carboxylic acids is 1. The van der Waals surface area contributed by atoms with Crippen molar-refractivity contribution in [2.24, 2.45) is 0 Å². The molecule has 0 saturated carbocycles. The molecule has 3 N–H and O–H groups in total. The summed E-state index contributed by atoms with van der Waals surface area (Å²) in [4.78, 5) is 18.3. The van der Waals surface area contributed by atoms with Crippen molar-refractivity contribution in [3.8, 4) is 0 Å². The number of rotatable bonds is 5. The van der Waals surface area contributed by atoms with Gasteiger partial charge in [-0.15, -0.1) is 0 Å². The molecule has 2 aliphatic rings. The van der Waals surface area contributed by atoms with Gasteiger partial charge >= 0.3 is 5.88 Å². The summed E-state index contributed by atoms with van der Waals surface area (Å²) < 4.78 is 31.1. The van der Waals surface area contributed by atoms with E-state index in [1.807, 2.05) is 6.92 Å². The smallest absolute Gasteiger partial charge is 0.316 e. The van der Waals surface area contributed by atoms with Crippen molar-refractivity contribution in [3.63, 3.8) is 0 Å². The summed E-state index contributed by atoms with van der Waals surface area (Å²) in [6.45, 7) is 4.14. The highest BCUT2D eigenvalue weighted by Gasteiger charge is 2.35. The molecule has 0 bridgehead atoms. The Balaban J connectivity index is 1.75. The first-order valence-corrected chi connectivity index (χ1v) is 8.52. The van der Waals surface area contributed by atoms with E-state index >= 15 is 0 Å². The number of alkyl halides is 2. The van der Waals surface area contributed by atoms with Crippen LogP contribution >= 0.6 is 11.6 Å². The number of carbonyl (C=O) groups is 1. The van der Waals surface area contributed by atoms with E-state index in [1.165, 1.54) is 11.6 Å². The molecule has 0 spiro atoms. The molecule has 1 aromatic rings. The first-order valence-electron chi connectivity index (χ1n) is 8.14. The van der Waals surface area contributed by atoms with Gasteiger partial charge in [0.1, 0.15) is 5.15 Å². The van der Waals surface area contributed by atoms with E-state index in [-0.39, 0.29) is 11.9 Å². The standard InChI is InChI=1S/C17H19ClF2N4O2/c1-9-6-13(22-23-15(9)26-8-17(3,19)20)10(2)24-7-12-11(16(24)25)4-5-21-14(12)18/h4-6,10,22-23H,7-8H2,1-3H3/p+1. The molecule has 0 aliphatic carbocycles. The van der Waals surface area contributed by atoms with Crippen LogP contribution in [0.25, 0.3) is 0 Å². The van der Waals surface area contributed by atoms with Gasteiger partial charge in [-0.2, -0.15) is 5.43 Å². The molecule has 0 fully saturated rings. The van der Waals surface area contributed by atoms with Crippen molar-refractivity contribution >= 4 is 17.5 Å². The number of pyridine rings is 1. The number of halogens is 3. The molecule has 1 aromatic heterocycles. The highest BCUT2D eigenvalue weighted by atomic mass is 35.5. The van der Waals surface area contributed by atoms with Gasteiger partial charge in [0.05, 0.1) is 23.9 Å². The number of amides is 1. The van der Waals surface area contributed by atoms with E-state index in [0.29, 0.717) is 34.3 Å². The molecule has 0 saturated heterocycles. The Labute approximate surface area is 154 Å². The summed E-state index contributed by atoms with van der Waals surface area (Å²) >= 11 is 6.09. The minimum absolute atomic E-state index is 0.117. The summed E-state index contributed by atoms with van der Waals surface area (Å²) in [5.41, 5.74) is 7.32. The summed E-state index contributed by atoms with van der Waals surface area (Å²) in [5.74, 6) is -2.67. The van der Waals surface area contributed by atoms with Crippen LogP contribution in [0.5, 0.6) is 0 Å². The Morgan fingerprint density at radius 3 is 2.88 bits per heavy atom. The minimum Gasteiger partial charge on any atom is -0.444 e. The maximum Gasteiger partial charge on any atom is 0.316 e. The van der Waals surface area contributed by atoms with Crippen molar-refractivity contribution < 1.29 is 23.7 Å². The monoisotopic (exact) mass is 385 g/mol. The average Bonchev–Trinajstić information content (AvgIpc) is 2.91. The van der Waals surface area contributed by atoms with Crippen molar-refractivity contribution in [2.75, 3.05) is 6.61 Å². The fraction of sp³-hybridized carbons (Fsp3) is 0.412. The number of nitrogens with two attached hydrogens (primary N) is 1. The lowest BCUT2D eigenvalue weighted by molar-refractivity contribution is -0.685. The van der Waals surface area contributed by atoms with E-state index in [4.69, 9.17) is 16.3 Å². The second kappa shape index (κ2) is 6.85. The lowest BCUT2D eigenvalue weighted by atomic mass is 10.1. The van der Waals surface area contributed by atoms with Crippen molar-refractivity contribution in [2.45, 2.75) is 39.3 Å². The Morgan fingerprint density at radius 1 is 1.54 bits per heavy atom. The average molecular weight is 386 g/mol. The molecular weight excluding hydrogens is 366 g/mol. The van der Waals surface area contributed by atoms with Gasteiger partial charge in [0.15, 0.2) is 6.61 Å². The van der Waals surface area contributed by atoms with Gasteiger partial charge in [-0.05, 0) is 26.0 Å². The van der Waals surface area contributed by atoms with E-state index < -0.39 is 12.5 Å². The number of fused-ring (bicyclic) bond motifs is 1. The Bertz CT molecular complexity index is 804. The van der Waals surface area contributed by atoms with E-state index in [1.54, 1.807) is 24.0 Å². The third-order valence-corrected chi connectivity index (χ3v) is 4.68. The third-order valence-electron chi connectivity index (χ3n) is 4.35.